The molecule has 3 heterocycles. The van der Waals surface area contributed by atoms with Crippen LogP contribution in [0.25, 0.3) is 83.1 Å². The molecule has 3 aromatic heterocycles. The molecule has 220 valence electrons. The third-order valence-corrected chi connectivity index (χ3v) is 9.46. The van der Waals surface area contributed by atoms with Gasteiger partial charge in [-0.25, -0.2) is 4.98 Å². The van der Waals surface area contributed by atoms with Crippen molar-refractivity contribution in [2.24, 2.45) is 0 Å². The Bertz CT molecular complexity index is 2560. The fourth-order valence-corrected chi connectivity index (χ4v) is 7.53. The van der Waals surface area contributed by atoms with Gasteiger partial charge in [-0.15, -0.1) is 0 Å². The van der Waals surface area contributed by atoms with E-state index in [2.05, 4.69) is 184 Å². The van der Waals surface area contributed by atoms with Gasteiger partial charge in [0, 0.05) is 27.2 Å². The highest BCUT2D eigenvalue weighted by molar-refractivity contribution is 6.12. The smallest absolute Gasteiger partial charge is 0.149 e. The summed E-state index contributed by atoms with van der Waals surface area (Å²) in [5.74, 6) is 0.895. The zero-order valence-electron chi connectivity index (χ0n) is 25.5. The van der Waals surface area contributed by atoms with E-state index in [9.17, 15) is 0 Å². The van der Waals surface area contributed by atoms with Gasteiger partial charge in [-0.1, -0.05) is 109 Å². The van der Waals surface area contributed by atoms with Crippen LogP contribution in [0, 0.1) is 0 Å². The van der Waals surface area contributed by atoms with Crippen LogP contribution in [0.4, 0.5) is 0 Å². The first-order chi connectivity index (χ1) is 23.4. The lowest BCUT2D eigenvalue weighted by molar-refractivity contribution is 1.07. The number of fused-ring (bicyclic) bond motifs is 7. The van der Waals surface area contributed by atoms with Crippen LogP contribution in [0.3, 0.4) is 0 Å². The molecule has 0 radical (unpaired) electrons. The van der Waals surface area contributed by atoms with Crippen LogP contribution in [0.15, 0.2) is 170 Å². The van der Waals surface area contributed by atoms with Crippen LogP contribution in [-0.2, 0) is 0 Å². The van der Waals surface area contributed by atoms with E-state index in [4.69, 9.17) is 4.98 Å². The van der Waals surface area contributed by atoms with Crippen molar-refractivity contribution in [1.82, 2.24) is 18.7 Å². The summed E-state index contributed by atoms with van der Waals surface area (Å²) in [6.45, 7) is 0. The minimum atomic E-state index is 0.895. The van der Waals surface area contributed by atoms with Gasteiger partial charge in [-0.2, -0.15) is 0 Å². The summed E-state index contributed by atoms with van der Waals surface area (Å²) < 4.78 is 7.16. The molecule has 0 aliphatic carbocycles. The SMILES string of the molecule is c1ccc(-n2c(-c3c(-n4c5ccccc5c5ccccc54)cccc3-n3c4ccccc4c4ccccc43)nc3ccccc32)cc1. The average Bonchev–Trinajstić information content (AvgIpc) is 3.80. The summed E-state index contributed by atoms with van der Waals surface area (Å²) in [6, 6.07) is 60.6. The lowest BCUT2D eigenvalue weighted by Gasteiger charge is -2.20. The fraction of sp³-hybridized carbons (Fsp3) is 0. The van der Waals surface area contributed by atoms with E-state index >= 15 is 0 Å². The number of hydrogen-bond donors (Lipinski definition) is 0. The predicted octanol–water partition coefficient (Wildman–Crippen LogP) is 10.9. The molecule has 0 unspecified atom stereocenters. The summed E-state index contributed by atoms with van der Waals surface area (Å²) >= 11 is 0. The van der Waals surface area contributed by atoms with E-state index in [0.29, 0.717) is 0 Å². The molecule has 0 aliphatic heterocycles. The first-order valence-electron chi connectivity index (χ1n) is 16.0. The average molecular weight is 601 g/mol. The molecule has 7 aromatic carbocycles. The van der Waals surface area contributed by atoms with Crippen molar-refractivity contribution in [3.63, 3.8) is 0 Å². The molecule has 0 fully saturated rings. The summed E-state index contributed by atoms with van der Waals surface area (Å²) in [6.07, 6.45) is 0. The number of benzene rings is 7. The van der Waals surface area contributed by atoms with Gasteiger partial charge < -0.3 is 9.13 Å². The monoisotopic (exact) mass is 600 g/mol. The maximum atomic E-state index is 5.46. The first kappa shape index (κ1) is 25.9. The van der Waals surface area contributed by atoms with E-state index in [1.165, 1.54) is 21.5 Å². The highest BCUT2D eigenvalue weighted by atomic mass is 15.1. The van der Waals surface area contributed by atoms with Gasteiger partial charge >= 0.3 is 0 Å². The fourth-order valence-electron chi connectivity index (χ4n) is 7.53. The largest absolute Gasteiger partial charge is 0.308 e. The Hall–Kier alpha value is -6.39. The van der Waals surface area contributed by atoms with Crippen molar-refractivity contribution in [3.05, 3.63) is 170 Å². The van der Waals surface area contributed by atoms with Crippen molar-refractivity contribution in [2.75, 3.05) is 0 Å². The molecular weight excluding hydrogens is 573 g/mol. The van der Waals surface area contributed by atoms with Crippen LogP contribution < -0.4 is 0 Å². The lowest BCUT2D eigenvalue weighted by atomic mass is 10.1. The quantitative estimate of drug-likeness (QED) is 0.197. The van der Waals surface area contributed by atoms with E-state index in [1.807, 2.05) is 0 Å². The van der Waals surface area contributed by atoms with E-state index < -0.39 is 0 Å². The highest BCUT2D eigenvalue weighted by Crippen LogP contribution is 2.43. The minimum absolute atomic E-state index is 0.895. The Labute approximate surface area is 271 Å². The van der Waals surface area contributed by atoms with Gasteiger partial charge in [0.15, 0.2) is 0 Å². The first-order valence-corrected chi connectivity index (χ1v) is 16.0. The lowest BCUT2D eigenvalue weighted by Crippen LogP contribution is -2.07. The maximum Gasteiger partial charge on any atom is 0.149 e. The van der Waals surface area contributed by atoms with Crippen molar-refractivity contribution in [1.29, 1.82) is 0 Å². The summed E-state index contributed by atoms with van der Waals surface area (Å²) in [5.41, 5.74) is 11.0. The van der Waals surface area contributed by atoms with Crippen molar-refractivity contribution in [3.8, 4) is 28.5 Å². The molecule has 0 saturated carbocycles. The second-order valence-corrected chi connectivity index (χ2v) is 12.0. The normalized spacial score (nSPS) is 11.8. The van der Waals surface area contributed by atoms with Crippen LogP contribution in [0.2, 0.25) is 0 Å². The zero-order chi connectivity index (χ0) is 30.9. The molecule has 4 nitrogen and oxygen atoms in total. The van der Waals surface area contributed by atoms with Crippen LogP contribution in [0.1, 0.15) is 0 Å². The van der Waals surface area contributed by atoms with Crippen LogP contribution >= 0.6 is 0 Å². The van der Waals surface area contributed by atoms with Crippen LogP contribution in [-0.4, -0.2) is 18.7 Å². The molecule has 0 amide bonds. The zero-order valence-corrected chi connectivity index (χ0v) is 25.5. The Morgan fingerprint density at radius 1 is 0.319 bits per heavy atom. The van der Waals surface area contributed by atoms with Gasteiger partial charge in [0.25, 0.3) is 0 Å². The van der Waals surface area contributed by atoms with Crippen LogP contribution in [0.5, 0.6) is 0 Å². The molecule has 0 atom stereocenters. The summed E-state index contributed by atoms with van der Waals surface area (Å²) in [7, 11) is 0. The Kier molecular flexibility index (Phi) is 5.54. The molecule has 0 saturated heterocycles. The van der Waals surface area contributed by atoms with E-state index in [-0.39, 0.29) is 0 Å². The topological polar surface area (TPSA) is 27.7 Å². The van der Waals surface area contributed by atoms with Gasteiger partial charge in [0.05, 0.1) is 50.0 Å². The molecule has 10 aromatic rings. The standard InChI is InChI=1S/C43H28N4/c1-2-15-29(16-3-1)45-39-26-13-8-21-34(39)44-43(45)42-40(46-35-22-9-4-17-30(35)31-18-5-10-23-36(31)46)27-14-28-41(42)47-37-24-11-6-19-32(37)33-20-7-12-25-38(33)47/h1-28H. The minimum Gasteiger partial charge on any atom is -0.308 e. The molecule has 4 heteroatoms. The summed E-state index contributed by atoms with van der Waals surface area (Å²) in [5, 5.41) is 4.92. The number of aromatic nitrogens is 4. The van der Waals surface area contributed by atoms with Gasteiger partial charge in [-0.3, -0.25) is 4.57 Å². The Morgan fingerprint density at radius 3 is 1.21 bits per heavy atom. The van der Waals surface area contributed by atoms with Crippen molar-refractivity contribution < 1.29 is 0 Å². The van der Waals surface area contributed by atoms with E-state index in [1.54, 1.807) is 0 Å². The number of para-hydroxylation sites is 7. The van der Waals surface area contributed by atoms with Gasteiger partial charge in [0.2, 0.25) is 0 Å². The molecule has 0 bridgehead atoms. The highest BCUT2D eigenvalue weighted by Gasteiger charge is 2.25. The Morgan fingerprint density at radius 2 is 0.723 bits per heavy atom. The molecule has 0 spiro atoms. The number of imidazole rings is 1. The van der Waals surface area contributed by atoms with Gasteiger partial charge in [0.1, 0.15) is 5.82 Å². The summed E-state index contributed by atoms with van der Waals surface area (Å²) in [4.78, 5) is 5.46. The maximum absolute atomic E-state index is 5.46. The molecule has 10 rings (SSSR count). The molecular formula is C43H28N4. The predicted molar refractivity (Wildman–Crippen MR) is 195 cm³/mol. The third-order valence-electron chi connectivity index (χ3n) is 9.46. The number of hydrogen-bond acceptors (Lipinski definition) is 1. The Balaban J connectivity index is 1.43. The van der Waals surface area contributed by atoms with Crippen molar-refractivity contribution >= 4 is 54.6 Å². The second-order valence-electron chi connectivity index (χ2n) is 12.0. The second kappa shape index (κ2) is 10.1. The molecule has 47 heavy (non-hydrogen) atoms. The molecule has 0 N–H and O–H groups in total. The third kappa shape index (κ3) is 3.73. The van der Waals surface area contributed by atoms with E-state index in [0.717, 1.165) is 61.6 Å². The van der Waals surface area contributed by atoms with Gasteiger partial charge in [-0.05, 0) is 60.7 Å². The van der Waals surface area contributed by atoms with Crippen molar-refractivity contribution in [2.45, 2.75) is 0 Å². The number of nitrogens with zero attached hydrogens (tertiary/aromatic N) is 4. The molecule has 0 aliphatic rings. The number of rotatable bonds is 4.